The van der Waals surface area contributed by atoms with Crippen LogP contribution in [0.15, 0.2) is 18.2 Å². The lowest BCUT2D eigenvalue weighted by Crippen LogP contribution is -2.63. The van der Waals surface area contributed by atoms with Gasteiger partial charge in [0.1, 0.15) is 25.5 Å². The van der Waals surface area contributed by atoms with E-state index in [-0.39, 0.29) is 17.1 Å². The smallest absolute Gasteiger partial charge is 0.336 e. The van der Waals surface area contributed by atoms with Crippen LogP contribution in [0.2, 0.25) is 0 Å². The highest BCUT2D eigenvalue weighted by atomic mass is 16.6. The monoisotopic (exact) mass is 398 g/mol. The third kappa shape index (κ3) is 5.50. The van der Waals surface area contributed by atoms with E-state index in [2.05, 4.69) is 0 Å². The fourth-order valence-corrected chi connectivity index (χ4v) is 2.40. The zero-order valence-electron chi connectivity index (χ0n) is 15.6. The summed E-state index contributed by atoms with van der Waals surface area (Å²) in [6, 6.07) is 4.20. The molecule has 0 aliphatic rings. The molecule has 0 saturated carbocycles. The minimum Gasteiger partial charge on any atom is -0.495 e. The molecular weight excluding hydrogens is 376 g/mol. The summed E-state index contributed by atoms with van der Waals surface area (Å²) in [6.45, 7) is -0.316. The normalized spacial score (nSPS) is 10.7. The maximum absolute atomic E-state index is 12.2. The Bertz CT molecular complexity index is 745. The van der Waals surface area contributed by atoms with Crippen molar-refractivity contribution >= 4 is 35.3 Å². The van der Waals surface area contributed by atoms with Gasteiger partial charge in [0.25, 0.3) is 0 Å². The zero-order valence-corrected chi connectivity index (χ0v) is 15.6. The van der Waals surface area contributed by atoms with Crippen LogP contribution in [0.25, 0.3) is 0 Å². The molecule has 0 aromatic heterocycles. The van der Waals surface area contributed by atoms with E-state index in [1.165, 1.54) is 25.3 Å². The Morgan fingerprint density at radius 2 is 1.61 bits per heavy atom. The lowest BCUT2D eigenvalue weighted by molar-refractivity contribution is -0.157. The Morgan fingerprint density at radius 1 is 1.07 bits per heavy atom. The molecule has 0 amide bonds. The highest BCUT2D eigenvalue weighted by molar-refractivity contribution is 5.89. The van der Waals surface area contributed by atoms with Crippen molar-refractivity contribution in [1.82, 2.24) is 0 Å². The lowest BCUT2D eigenvalue weighted by atomic mass is 9.97. The van der Waals surface area contributed by atoms with Crippen LogP contribution in [0.4, 0.5) is 11.4 Å². The van der Waals surface area contributed by atoms with Crippen LogP contribution >= 0.6 is 0 Å². The molecule has 0 heterocycles. The minimum atomic E-state index is -2.25. The van der Waals surface area contributed by atoms with Crippen LogP contribution in [0.5, 0.6) is 5.75 Å². The van der Waals surface area contributed by atoms with Crippen LogP contribution in [0, 0.1) is 0 Å². The summed E-state index contributed by atoms with van der Waals surface area (Å²) >= 11 is 0. The van der Waals surface area contributed by atoms with Gasteiger partial charge in [0, 0.05) is 19.5 Å². The molecule has 1 aromatic carbocycles. The second kappa shape index (κ2) is 9.44. The number of hydrogen-bond donors (Lipinski definition) is 3. The Balaban J connectivity index is 3.67. The third-order valence-corrected chi connectivity index (χ3v) is 3.73. The van der Waals surface area contributed by atoms with Gasteiger partial charge in [0.2, 0.25) is 5.54 Å². The number of esters is 2. The number of carbonyl (C=O) groups is 4. The number of benzene rings is 1. The SMILES string of the molecule is COc1ccc(N)cc1N(CC(=O)O)C(COC(C)=O)(COC(C)=O)C(=O)O. The van der Waals surface area contributed by atoms with Gasteiger partial charge in [-0.05, 0) is 18.2 Å². The van der Waals surface area contributed by atoms with Crippen molar-refractivity contribution in [3.05, 3.63) is 18.2 Å². The standard InChI is InChI=1S/C17H22N2O9/c1-10(20)27-8-17(16(24)25,9-28-11(2)21)19(7-15(22)23)13-6-12(18)4-5-14(13)26-3/h4-6H,7-9,18H2,1-3H3,(H,22,23)(H,24,25). The van der Waals surface area contributed by atoms with Gasteiger partial charge in [0.05, 0.1) is 12.8 Å². The molecular formula is C17H22N2O9. The first-order valence-electron chi connectivity index (χ1n) is 7.96. The quantitative estimate of drug-likeness (QED) is 0.362. The van der Waals surface area contributed by atoms with Crippen LogP contribution < -0.4 is 15.4 Å². The number of aliphatic carboxylic acids is 2. The molecule has 0 unspecified atom stereocenters. The molecule has 0 bridgehead atoms. The van der Waals surface area contributed by atoms with Crippen molar-refractivity contribution in [2.24, 2.45) is 0 Å². The van der Waals surface area contributed by atoms with Gasteiger partial charge in [-0.25, -0.2) is 4.79 Å². The van der Waals surface area contributed by atoms with Gasteiger partial charge < -0.3 is 35.1 Å². The van der Waals surface area contributed by atoms with Crippen LogP contribution in [0.3, 0.4) is 0 Å². The first-order valence-corrected chi connectivity index (χ1v) is 7.96. The van der Waals surface area contributed by atoms with E-state index in [0.717, 1.165) is 18.7 Å². The van der Waals surface area contributed by atoms with Gasteiger partial charge in [-0.15, -0.1) is 0 Å². The number of ether oxygens (including phenoxy) is 3. The Labute approximate surface area is 160 Å². The average Bonchev–Trinajstić information content (AvgIpc) is 2.59. The van der Waals surface area contributed by atoms with Crippen molar-refractivity contribution in [2.45, 2.75) is 19.4 Å². The molecule has 0 spiro atoms. The van der Waals surface area contributed by atoms with Crippen molar-refractivity contribution in [1.29, 1.82) is 0 Å². The predicted octanol–water partition coefficient (Wildman–Crippen LogP) is 0.118. The molecule has 0 atom stereocenters. The van der Waals surface area contributed by atoms with Crippen molar-refractivity contribution < 1.29 is 43.6 Å². The molecule has 1 aromatic rings. The zero-order chi connectivity index (χ0) is 21.5. The maximum atomic E-state index is 12.2. The van der Waals surface area contributed by atoms with E-state index in [1.807, 2.05) is 0 Å². The van der Waals surface area contributed by atoms with Crippen molar-refractivity contribution in [3.8, 4) is 5.75 Å². The molecule has 0 aliphatic carbocycles. The van der Waals surface area contributed by atoms with E-state index >= 15 is 0 Å². The number of carbonyl (C=O) groups excluding carboxylic acids is 2. The van der Waals surface area contributed by atoms with Gasteiger partial charge in [-0.3, -0.25) is 14.4 Å². The summed E-state index contributed by atoms with van der Waals surface area (Å²) in [7, 11) is 1.30. The van der Waals surface area contributed by atoms with Gasteiger partial charge >= 0.3 is 23.9 Å². The molecule has 11 heteroatoms. The maximum Gasteiger partial charge on any atom is 0.336 e. The van der Waals surface area contributed by atoms with Crippen LogP contribution in [0.1, 0.15) is 13.8 Å². The second-order valence-corrected chi connectivity index (χ2v) is 5.81. The summed E-state index contributed by atoms with van der Waals surface area (Å²) in [5.41, 5.74) is 3.72. The van der Waals surface area contributed by atoms with Crippen LogP contribution in [-0.4, -0.2) is 66.5 Å². The largest absolute Gasteiger partial charge is 0.495 e. The molecule has 0 aliphatic heterocycles. The molecule has 4 N–H and O–H groups in total. The van der Waals surface area contributed by atoms with Crippen LogP contribution in [-0.2, 0) is 28.7 Å². The number of nitrogens with zero attached hydrogens (tertiary/aromatic N) is 1. The third-order valence-electron chi connectivity index (χ3n) is 3.73. The first-order chi connectivity index (χ1) is 13.0. The molecule has 154 valence electrons. The molecule has 11 nitrogen and oxygen atoms in total. The number of carboxylic acid groups (broad SMARTS) is 2. The Hall–Kier alpha value is -3.50. The number of nitrogens with two attached hydrogens (primary N) is 1. The van der Waals surface area contributed by atoms with Gasteiger partial charge in [-0.2, -0.15) is 0 Å². The number of anilines is 2. The fraction of sp³-hybridized carbons (Fsp3) is 0.412. The summed E-state index contributed by atoms with van der Waals surface area (Å²) in [4.78, 5) is 47.2. The number of carboxylic acids is 2. The summed E-state index contributed by atoms with van der Waals surface area (Å²) in [5, 5.41) is 19.3. The summed E-state index contributed by atoms with van der Waals surface area (Å²) in [6.07, 6.45) is 0. The average molecular weight is 398 g/mol. The molecule has 1 rings (SSSR count). The van der Waals surface area contributed by atoms with Crippen molar-refractivity contribution in [2.75, 3.05) is 37.5 Å². The number of rotatable bonds is 10. The highest BCUT2D eigenvalue weighted by Gasteiger charge is 2.49. The highest BCUT2D eigenvalue weighted by Crippen LogP contribution is 2.35. The summed E-state index contributed by atoms with van der Waals surface area (Å²) < 4.78 is 14.9. The number of nitrogen functional groups attached to an aromatic ring is 1. The second-order valence-electron chi connectivity index (χ2n) is 5.81. The number of hydrogen-bond acceptors (Lipinski definition) is 9. The van der Waals surface area contributed by atoms with Crippen molar-refractivity contribution in [3.63, 3.8) is 0 Å². The molecule has 0 saturated heterocycles. The molecule has 0 radical (unpaired) electrons. The van der Waals surface area contributed by atoms with Gasteiger partial charge in [-0.1, -0.05) is 0 Å². The topological polar surface area (TPSA) is 166 Å². The molecule has 0 fully saturated rings. The summed E-state index contributed by atoms with van der Waals surface area (Å²) in [5.74, 6) is -4.46. The van der Waals surface area contributed by atoms with Gasteiger partial charge in [0.15, 0.2) is 0 Å². The van der Waals surface area contributed by atoms with E-state index in [1.54, 1.807) is 0 Å². The fourth-order valence-electron chi connectivity index (χ4n) is 2.40. The predicted molar refractivity (Wildman–Crippen MR) is 96.0 cm³/mol. The Morgan fingerprint density at radius 3 is 2.00 bits per heavy atom. The van der Waals surface area contributed by atoms with E-state index in [4.69, 9.17) is 19.9 Å². The minimum absolute atomic E-state index is 0.00611. The first kappa shape index (κ1) is 22.5. The molecule has 28 heavy (non-hydrogen) atoms. The van der Waals surface area contributed by atoms with E-state index in [0.29, 0.717) is 0 Å². The Kier molecular flexibility index (Phi) is 7.60. The van der Waals surface area contributed by atoms with E-state index in [9.17, 15) is 29.4 Å². The van der Waals surface area contributed by atoms with E-state index < -0.39 is 49.2 Å². The number of methoxy groups -OCH3 is 1. The lowest BCUT2D eigenvalue weighted by Gasteiger charge is -2.40.